The Morgan fingerprint density at radius 1 is 1.24 bits per heavy atom. The van der Waals surface area contributed by atoms with E-state index in [2.05, 4.69) is 22.5 Å². The van der Waals surface area contributed by atoms with Crippen LogP contribution in [0.1, 0.15) is 11.1 Å². The molecule has 0 spiro atoms. The van der Waals surface area contributed by atoms with E-state index in [0.717, 1.165) is 5.69 Å². The van der Waals surface area contributed by atoms with E-state index in [0.29, 0.717) is 26.1 Å². The number of aromatic nitrogens is 2. The van der Waals surface area contributed by atoms with Crippen LogP contribution in [0.4, 0.5) is 5.69 Å². The van der Waals surface area contributed by atoms with Gasteiger partial charge in [0, 0.05) is 32.9 Å². The highest BCUT2D eigenvalue weighted by Gasteiger charge is 2.33. The molecule has 1 atom stereocenters. The Bertz CT molecular complexity index is 815. The maximum atomic E-state index is 12.8. The van der Waals surface area contributed by atoms with Crippen molar-refractivity contribution >= 4 is 17.5 Å². The van der Waals surface area contributed by atoms with E-state index >= 15 is 0 Å². The highest BCUT2D eigenvalue weighted by atomic mass is 16.2. The van der Waals surface area contributed by atoms with Gasteiger partial charge in [-0.15, -0.1) is 0 Å². The number of piperazine rings is 1. The average Bonchev–Trinajstić information content (AvgIpc) is 3.06. The number of amides is 2. The average molecular weight is 339 g/mol. The van der Waals surface area contributed by atoms with E-state index in [1.807, 2.05) is 25.4 Å². The van der Waals surface area contributed by atoms with Crippen molar-refractivity contribution in [1.29, 1.82) is 0 Å². The van der Waals surface area contributed by atoms with Crippen molar-refractivity contribution in [1.82, 2.24) is 20.0 Å². The number of aryl methyl sites for hydroxylation is 1. The van der Waals surface area contributed by atoms with E-state index in [-0.39, 0.29) is 24.4 Å². The van der Waals surface area contributed by atoms with E-state index in [9.17, 15) is 9.59 Å². The van der Waals surface area contributed by atoms with Crippen LogP contribution in [0.25, 0.3) is 0 Å². The largest absolute Gasteiger partial charge is 0.330 e. The zero-order valence-electron chi connectivity index (χ0n) is 14.2. The van der Waals surface area contributed by atoms with Crippen LogP contribution >= 0.6 is 0 Å². The summed E-state index contributed by atoms with van der Waals surface area (Å²) in [5.74, 6) is -0.0579. The van der Waals surface area contributed by atoms with Crippen LogP contribution < -0.4 is 10.2 Å². The van der Waals surface area contributed by atoms with Gasteiger partial charge in [0.15, 0.2) is 0 Å². The number of carbonyl (C=O) groups excluding carboxylic acids is 2. The van der Waals surface area contributed by atoms with Crippen LogP contribution in [-0.4, -0.2) is 52.2 Å². The third kappa shape index (κ3) is 3.02. The first-order chi connectivity index (χ1) is 12.1. The lowest BCUT2D eigenvalue weighted by Gasteiger charge is -2.36. The number of hydrogen-bond donors (Lipinski definition) is 1. The van der Waals surface area contributed by atoms with Gasteiger partial charge in [0.05, 0.1) is 17.9 Å². The van der Waals surface area contributed by atoms with Crippen molar-refractivity contribution < 1.29 is 9.59 Å². The first-order valence-electron chi connectivity index (χ1n) is 8.50. The van der Waals surface area contributed by atoms with Gasteiger partial charge in [-0.25, -0.2) is 0 Å². The van der Waals surface area contributed by atoms with Crippen LogP contribution in [0.3, 0.4) is 0 Å². The van der Waals surface area contributed by atoms with Gasteiger partial charge in [-0.1, -0.05) is 24.3 Å². The zero-order valence-corrected chi connectivity index (χ0v) is 14.2. The van der Waals surface area contributed by atoms with Crippen molar-refractivity contribution in [3.05, 3.63) is 47.8 Å². The number of fused-ring (bicyclic) bond motifs is 1. The van der Waals surface area contributed by atoms with E-state index in [1.165, 1.54) is 11.1 Å². The summed E-state index contributed by atoms with van der Waals surface area (Å²) in [7, 11) is 1.82. The molecular formula is C18H21N5O2. The molecule has 1 unspecified atom stereocenters. The first kappa shape index (κ1) is 15.8. The predicted octanol–water partition coefficient (Wildman–Crippen LogP) is 0.310. The Kier molecular flexibility index (Phi) is 4.01. The summed E-state index contributed by atoms with van der Waals surface area (Å²) in [5, 5.41) is 7.41. The number of rotatable bonds is 2. The van der Waals surface area contributed by atoms with Crippen LogP contribution in [0.5, 0.6) is 0 Å². The van der Waals surface area contributed by atoms with Crippen LogP contribution in [0, 0.1) is 0 Å². The number of nitrogens with zero attached hydrogens (tertiary/aromatic N) is 4. The molecule has 2 aromatic rings. The summed E-state index contributed by atoms with van der Waals surface area (Å²) in [6.45, 7) is 1.85. The van der Waals surface area contributed by atoms with Crippen molar-refractivity contribution in [3.63, 3.8) is 0 Å². The fraction of sp³-hybridized carbons (Fsp3) is 0.389. The van der Waals surface area contributed by atoms with Gasteiger partial charge in [0.1, 0.15) is 6.54 Å². The van der Waals surface area contributed by atoms with Crippen molar-refractivity contribution in [2.24, 2.45) is 7.05 Å². The Balaban J connectivity index is 1.42. The minimum atomic E-state index is -0.257. The lowest BCUT2D eigenvalue weighted by Crippen LogP contribution is -2.57. The van der Waals surface area contributed by atoms with E-state index in [4.69, 9.17) is 0 Å². The lowest BCUT2D eigenvalue weighted by atomic mass is 9.95. The summed E-state index contributed by atoms with van der Waals surface area (Å²) < 4.78 is 1.67. The van der Waals surface area contributed by atoms with E-state index < -0.39 is 0 Å². The molecule has 1 aromatic heterocycles. The minimum absolute atomic E-state index is 0.00805. The minimum Gasteiger partial charge on any atom is -0.330 e. The van der Waals surface area contributed by atoms with Gasteiger partial charge in [-0.3, -0.25) is 14.3 Å². The SMILES string of the molecule is Cn1cc(N2CCN(C(=O)C3Cc4ccccc4CN3)CC2=O)cn1. The molecule has 7 heteroatoms. The molecule has 3 heterocycles. The first-order valence-corrected chi connectivity index (χ1v) is 8.50. The molecule has 7 nitrogen and oxygen atoms in total. The molecule has 25 heavy (non-hydrogen) atoms. The Morgan fingerprint density at radius 2 is 2.04 bits per heavy atom. The zero-order chi connectivity index (χ0) is 17.4. The molecule has 2 amide bonds. The Labute approximate surface area is 146 Å². The molecule has 130 valence electrons. The number of hydrogen-bond acceptors (Lipinski definition) is 4. The monoisotopic (exact) mass is 339 g/mol. The summed E-state index contributed by atoms with van der Waals surface area (Å²) in [6.07, 6.45) is 4.16. The highest BCUT2D eigenvalue weighted by Crippen LogP contribution is 2.20. The summed E-state index contributed by atoms with van der Waals surface area (Å²) in [4.78, 5) is 28.7. The second-order valence-electron chi connectivity index (χ2n) is 6.58. The molecule has 1 N–H and O–H groups in total. The maximum Gasteiger partial charge on any atom is 0.246 e. The lowest BCUT2D eigenvalue weighted by molar-refractivity contribution is -0.138. The topological polar surface area (TPSA) is 70.5 Å². The third-order valence-electron chi connectivity index (χ3n) is 4.91. The van der Waals surface area contributed by atoms with Gasteiger partial charge in [-0.05, 0) is 17.5 Å². The van der Waals surface area contributed by atoms with Crippen LogP contribution in [-0.2, 0) is 29.6 Å². The van der Waals surface area contributed by atoms with Crippen LogP contribution in [0.15, 0.2) is 36.7 Å². The molecular weight excluding hydrogens is 318 g/mol. The van der Waals surface area contributed by atoms with Crippen LogP contribution in [0.2, 0.25) is 0 Å². The number of nitrogens with one attached hydrogen (secondary N) is 1. The van der Waals surface area contributed by atoms with Gasteiger partial charge >= 0.3 is 0 Å². The van der Waals surface area contributed by atoms with Gasteiger partial charge in [0.25, 0.3) is 0 Å². The Hall–Kier alpha value is -2.67. The predicted molar refractivity (Wildman–Crippen MR) is 92.9 cm³/mol. The smallest absolute Gasteiger partial charge is 0.246 e. The third-order valence-corrected chi connectivity index (χ3v) is 4.91. The molecule has 4 rings (SSSR count). The summed E-state index contributed by atoms with van der Waals surface area (Å²) in [5.41, 5.74) is 3.23. The fourth-order valence-electron chi connectivity index (χ4n) is 3.53. The molecule has 1 saturated heterocycles. The Morgan fingerprint density at radius 3 is 2.76 bits per heavy atom. The molecule has 0 saturated carbocycles. The molecule has 2 aliphatic rings. The standard InChI is InChI=1S/C18H21N5O2/c1-21-11-15(10-20-21)23-7-6-22(12-17(23)24)18(25)16-8-13-4-2-3-5-14(13)9-19-16/h2-5,10-11,16,19H,6-9,12H2,1H3. The maximum absolute atomic E-state index is 12.8. The molecule has 0 bridgehead atoms. The number of benzene rings is 1. The van der Waals surface area contributed by atoms with Crippen molar-refractivity contribution in [2.45, 2.75) is 19.0 Å². The molecule has 0 aliphatic carbocycles. The molecule has 0 radical (unpaired) electrons. The summed E-state index contributed by atoms with van der Waals surface area (Å²) >= 11 is 0. The van der Waals surface area contributed by atoms with Crippen molar-refractivity contribution in [2.75, 3.05) is 24.5 Å². The second-order valence-corrected chi connectivity index (χ2v) is 6.58. The fourth-order valence-corrected chi connectivity index (χ4v) is 3.53. The molecule has 1 fully saturated rings. The quantitative estimate of drug-likeness (QED) is 0.855. The van der Waals surface area contributed by atoms with Gasteiger partial charge < -0.3 is 15.1 Å². The van der Waals surface area contributed by atoms with Gasteiger partial charge in [-0.2, -0.15) is 5.10 Å². The molecule has 2 aliphatic heterocycles. The van der Waals surface area contributed by atoms with E-state index in [1.54, 1.807) is 20.7 Å². The number of anilines is 1. The van der Waals surface area contributed by atoms with Crippen molar-refractivity contribution in [3.8, 4) is 0 Å². The normalized spacial score (nSPS) is 20.5. The number of carbonyl (C=O) groups is 2. The highest BCUT2D eigenvalue weighted by molar-refractivity contribution is 5.98. The van der Waals surface area contributed by atoms with Gasteiger partial charge in [0.2, 0.25) is 11.8 Å². The molecule has 1 aromatic carbocycles. The summed E-state index contributed by atoms with van der Waals surface area (Å²) in [6, 6.07) is 7.91. The second kappa shape index (κ2) is 6.33.